The maximum Gasteiger partial charge on any atom is 0.0482 e. The molecule has 1 heterocycles. The molecule has 0 fully saturated rings. The van der Waals surface area contributed by atoms with Crippen molar-refractivity contribution in [2.75, 3.05) is 7.05 Å². The second-order valence-corrected chi connectivity index (χ2v) is 5.59. The topological polar surface area (TPSA) is 17.0 Å². The quantitative estimate of drug-likeness (QED) is 0.852. The van der Waals surface area contributed by atoms with E-state index in [1.165, 1.54) is 16.6 Å². The maximum absolute atomic E-state index is 3.32. The standard InChI is InChI=1S/C16H24N2/c1-12(2)11-18-15(9-13(3)17-4)10-14-7-5-6-8-16(14)18/h5-8,10,12-13,17H,9,11H2,1-4H3. The number of likely N-dealkylation sites (N-methyl/N-ethyl adjacent to an activating group) is 1. The van der Waals surface area contributed by atoms with E-state index in [0.717, 1.165) is 13.0 Å². The first-order valence-electron chi connectivity index (χ1n) is 6.86. The second kappa shape index (κ2) is 5.57. The van der Waals surface area contributed by atoms with Crippen LogP contribution in [0, 0.1) is 5.92 Å². The van der Waals surface area contributed by atoms with E-state index in [-0.39, 0.29) is 0 Å². The van der Waals surface area contributed by atoms with Crippen LogP contribution in [0.15, 0.2) is 30.3 Å². The van der Waals surface area contributed by atoms with Crippen molar-refractivity contribution in [2.45, 2.75) is 39.8 Å². The third kappa shape index (κ3) is 2.75. The van der Waals surface area contributed by atoms with Gasteiger partial charge in [-0.15, -0.1) is 0 Å². The number of aromatic nitrogens is 1. The first-order chi connectivity index (χ1) is 8.61. The second-order valence-electron chi connectivity index (χ2n) is 5.59. The van der Waals surface area contributed by atoms with Crippen molar-refractivity contribution in [1.29, 1.82) is 0 Å². The summed E-state index contributed by atoms with van der Waals surface area (Å²) < 4.78 is 2.48. The molecule has 0 spiro atoms. The highest BCUT2D eigenvalue weighted by Gasteiger charge is 2.11. The Bertz CT molecular complexity index is 511. The summed E-state index contributed by atoms with van der Waals surface area (Å²) in [4.78, 5) is 0. The Labute approximate surface area is 110 Å². The summed E-state index contributed by atoms with van der Waals surface area (Å²) in [7, 11) is 2.03. The minimum atomic E-state index is 0.514. The molecule has 2 aromatic rings. The lowest BCUT2D eigenvalue weighted by molar-refractivity contribution is 0.505. The molecule has 0 aliphatic heterocycles. The van der Waals surface area contributed by atoms with Crippen LogP contribution < -0.4 is 5.32 Å². The van der Waals surface area contributed by atoms with Crippen LogP contribution in [-0.4, -0.2) is 17.7 Å². The van der Waals surface area contributed by atoms with Crippen LogP contribution in [0.3, 0.4) is 0 Å². The number of rotatable bonds is 5. The van der Waals surface area contributed by atoms with E-state index in [9.17, 15) is 0 Å². The third-order valence-corrected chi connectivity index (χ3v) is 3.45. The van der Waals surface area contributed by atoms with Gasteiger partial charge in [0, 0.05) is 30.2 Å². The van der Waals surface area contributed by atoms with E-state index in [2.05, 4.69) is 61.0 Å². The van der Waals surface area contributed by atoms with Crippen molar-refractivity contribution in [3.63, 3.8) is 0 Å². The summed E-state index contributed by atoms with van der Waals surface area (Å²) in [6, 6.07) is 11.5. The lowest BCUT2D eigenvalue weighted by Gasteiger charge is -2.16. The summed E-state index contributed by atoms with van der Waals surface area (Å²) in [6.45, 7) is 7.89. The molecule has 2 rings (SSSR count). The summed E-state index contributed by atoms with van der Waals surface area (Å²) in [6.07, 6.45) is 1.08. The molecule has 0 radical (unpaired) electrons. The van der Waals surface area contributed by atoms with Crippen LogP contribution in [0.2, 0.25) is 0 Å². The van der Waals surface area contributed by atoms with E-state index in [1.54, 1.807) is 0 Å². The summed E-state index contributed by atoms with van der Waals surface area (Å²) in [5.74, 6) is 0.671. The zero-order chi connectivity index (χ0) is 13.1. The Morgan fingerprint density at radius 1 is 1.17 bits per heavy atom. The molecule has 18 heavy (non-hydrogen) atoms. The van der Waals surface area contributed by atoms with Gasteiger partial charge in [-0.05, 0) is 37.4 Å². The molecule has 0 saturated heterocycles. The Balaban J connectivity index is 2.43. The van der Waals surface area contributed by atoms with Crippen LogP contribution in [0.25, 0.3) is 10.9 Å². The number of nitrogens with zero attached hydrogens (tertiary/aromatic N) is 1. The molecule has 1 N–H and O–H groups in total. The predicted octanol–water partition coefficient (Wildman–Crippen LogP) is 3.45. The van der Waals surface area contributed by atoms with E-state index in [1.807, 2.05) is 7.05 Å². The molecule has 1 atom stereocenters. The van der Waals surface area contributed by atoms with Gasteiger partial charge < -0.3 is 9.88 Å². The van der Waals surface area contributed by atoms with Crippen molar-refractivity contribution in [3.05, 3.63) is 36.0 Å². The lowest BCUT2D eigenvalue weighted by atomic mass is 10.1. The van der Waals surface area contributed by atoms with Crippen LogP contribution in [0.1, 0.15) is 26.5 Å². The number of nitrogens with one attached hydrogen (secondary N) is 1. The Morgan fingerprint density at radius 3 is 2.56 bits per heavy atom. The molecule has 0 amide bonds. The predicted molar refractivity (Wildman–Crippen MR) is 79.0 cm³/mol. The Kier molecular flexibility index (Phi) is 4.07. The van der Waals surface area contributed by atoms with Gasteiger partial charge in [-0.25, -0.2) is 0 Å². The SMILES string of the molecule is CNC(C)Cc1cc2ccccc2n1CC(C)C. The number of benzene rings is 1. The van der Waals surface area contributed by atoms with Crippen LogP contribution in [-0.2, 0) is 13.0 Å². The van der Waals surface area contributed by atoms with Crippen molar-refractivity contribution < 1.29 is 0 Å². The average Bonchev–Trinajstić information content (AvgIpc) is 2.67. The highest BCUT2D eigenvalue weighted by atomic mass is 15.0. The Morgan fingerprint density at radius 2 is 1.89 bits per heavy atom. The summed E-state index contributed by atoms with van der Waals surface area (Å²) in [5.41, 5.74) is 2.80. The average molecular weight is 244 g/mol. The molecule has 0 aliphatic carbocycles. The minimum Gasteiger partial charge on any atom is -0.344 e. The molecule has 2 nitrogen and oxygen atoms in total. The number of hydrogen-bond acceptors (Lipinski definition) is 1. The number of para-hydroxylation sites is 1. The fourth-order valence-corrected chi connectivity index (χ4v) is 2.43. The summed E-state index contributed by atoms with van der Waals surface area (Å²) >= 11 is 0. The number of fused-ring (bicyclic) bond motifs is 1. The van der Waals surface area contributed by atoms with Gasteiger partial charge in [0.1, 0.15) is 0 Å². The third-order valence-electron chi connectivity index (χ3n) is 3.45. The highest BCUT2D eigenvalue weighted by molar-refractivity contribution is 5.81. The van der Waals surface area contributed by atoms with Gasteiger partial charge in [0.15, 0.2) is 0 Å². The molecule has 2 heteroatoms. The molecule has 0 saturated carbocycles. The number of hydrogen-bond donors (Lipinski definition) is 1. The van der Waals surface area contributed by atoms with Crippen LogP contribution in [0.4, 0.5) is 0 Å². The van der Waals surface area contributed by atoms with Gasteiger partial charge in [-0.2, -0.15) is 0 Å². The van der Waals surface area contributed by atoms with Crippen molar-refractivity contribution >= 4 is 10.9 Å². The smallest absolute Gasteiger partial charge is 0.0482 e. The zero-order valence-corrected chi connectivity index (χ0v) is 11.9. The largest absolute Gasteiger partial charge is 0.344 e. The van der Waals surface area contributed by atoms with Gasteiger partial charge >= 0.3 is 0 Å². The van der Waals surface area contributed by atoms with E-state index < -0.39 is 0 Å². The molecular formula is C16H24N2. The van der Waals surface area contributed by atoms with Gasteiger partial charge in [0.2, 0.25) is 0 Å². The molecule has 98 valence electrons. The Hall–Kier alpha value is -1.28. The molecule has 0 bridgehead atoms. The van der Waals surface area contributed by atoms with Crippen LogP contribution >= 0.6 is 0 Å². The zero-order valence-electron chi connectivity index (χ0n) is 11.9. The fraction of sp³-hybridized carbons (Fsp3) is 0.500. The molecule has 0 aliphatic rings. The van der Waals surface area contributed by atoms with E-state index in [0.29, 0.717) is 12.0 Å². The molecule has 1 aromatic carbocycles. The van der Waals surface area contributed by atoms with Crippen LogP contribution in [0.5, 0.6) is 0 Å². The van der Waals surface area contributed by atoms with Crippen molar-refractivity contribution in [1.82, 2.24) is 9.88 Å². The van der Waals surface area contributed by atoms with Crippen molar-refractivity contribution in [2.24, 2.45) is 5.92 Å². The first-order valence-corrected chi connectivity index (χ1v) is 6.86. The van der Waals surface area contributed by atoms with E-state index >= 15 is 0 Å². The van der Waals surface area contributed by atoms with Gasteiger partial charge in [0.25, 0.3) is 0 Å². The molecule has 1 unspecified atom stereocenters. The molecule has 1 aromatic heterocycles. The first kappa shape index (κ1) is 13.2. The highest BCUT2D eigenvalue weighted by Crippen LogP contribution is 2.22. The monoisotopic (exact) mass is 244 g/mol. The lowest BCUT2D eigenvalue weighted by Crippen LogP contribution is -2.25. The maximum atomic E-state index is 3.32. The van der Waals surface area contributed by atoms with Gasteiger partial charge in [-0.3, -0.25) is 0 Å². The fourth-order valence-electron chi connectivity index (χ4n) is 2.43. The van der Waals surface area contributed by atoms with Gasteiger partial charge in [0.05, 0.1) is 0 Å². The normalized spacial score (nSPS) is 13.4. The van der Waals surface area contributed by atoms with E-state index in [4.69, 9.17) is 0 Å². The minimum absolute atomic E-state index is 0.514. The van der Waals surface area contributed by atoms with Crippen molar-refractivity contribution in [3.8, 4) is 0 Å². The van der Waals surface area contributed by atoms with Gasteiger partial charge in [-0.1, -0.05) is 32.0 Å². The summed E-state index contributed by atoms with van der Waals surface area (Å²) in [5, 5.41) is 4.68. The molecular weight excluding hydrogens is 220 g/mol.